The van der Waals surface area contributed by atoms with E-state index in [1.165, 1.54) is 10.5 Å². The monoisotopic (exact) mass is 208 g/mol. The number of fused-ring (bicyclic) bond motifs is 1. The molecule has 0 aromatic heterocycles. The summed E-state index contributed by atoms with van der Waals surface area (Å²) in [6, 6.07) is 8.45. The first-order chi connectivity index (χ1) is 6.51. The first kappa shape index (κ1) is 10.0. The van der Waals surface area contributed by atoms with E-state index in [1.807, 2.05) is 11.8 Å². The molecule has 0 amide bonds. The molecule has 0 bridgehead atoms. The molecule has 0 aliphatic carbocycles. The lowest BCUT2D eigenvalue weighted by atomic mass is 9.82. The molecule has 1 unspecified atom stereocenters. The van der Waals surface area contributed by atoms with Crippen molar-refractivity contribution in [1.82, 2.24) is 5.43 Å². The second-order valence-corrected chi connectivity index (χ2v) is 6.04. The molecule has 1 aromatic carbocycles. The molecule has 0 saturated carbocycles. The van der Waals surface area contributed by atoms with Gasteiger partial charge in [0.2, 0.25) is 0 Å². The maximum atomic E-state index is 5.70. The van der Waals surface area contributed by atoms with E-state index in [4.69, 9.17) is 5.84 Å². The summed E-state index contributed by atoms with van der Waals surface area (Å²) >= 11 is 1.88. The van der Waals surface area contributed by atoms with Crippen molar-refractivity contribution in [3.63, 3.8) is 0 Å². The summed E-state index contributed by atoms with van der Waals surface area (Å²) in [5.41, 5.74) is 4.12. The molecule has 0 radical (unpaired) electrons. The summed E-state index contributed by atoms with van der Waals surface area (Å²) in [5.74, 6) is 5.70. The van der Waals surface area contributed by atoms with Crippen LogP contribution in [0.1, 0.15) is 26.3 Å². The van der Waals surface area contributed by atoms with Crippen molar-refractivity contribution in [2.24, 2.45) is 5.84 Å². The van der Waals surface area contributed by atoms with Crippen molar-refractivity contribution in [3.8, 4) is 0 Å². The first-order valence-corrected chi connectivity index (χ1v) is 5.59. The van der Waals surface area contributed by atoms with Crippen molar-refractivity contribution < 1.29 is 0 Å². The van der Waals surface area contributed by atoms with Crippen molar-refractivity contribution in [2.75, 3.05) is 0 Å². The van der Waals surface area contributed by atoms with Gasteiger partial charge >= 0.3 is 0 Å². The average Bonchev–Trinajstić information content (AvgIpc) is 2.36. The number of thioether (sulfide) groups is 1. The van der Waals surface area contributed by atoms with E-state index in [-0.39, 0.29) is 10.3 Å². The topological polar surface area (TPSA) is 38.0 Å². The summed E-state index contributed by atoms with van der Waals surface area (Å²) in [4.78, 5) is 1.33. The molecule has 1 aromatic rings. The third-order valence-corrected chi connectivity index (χ3v) is 4.78. The normalized spacial score (nSPS) is 28.9. The van der Waals surface area contributed by atoms with Crippen LogP contribution < -0.4 is 11.3 Å². The van der Waals surface area contributed by atoms with E-state index in [2.05, 4.69) is 50.5 Å². The van der Waals surface area contributed by atoms with E-state index in [0.29, 0.717) is 0 Å². The van der Waals surface area contributed by atoms with Crippen molar-refractivity contribution >= 4 is 11.8 Å². The fraction of sp³-hybridized carbons (Fsp3) is 0.455. The van der Waals surface area contributed by atoms with Gasteiger partial charge in [-0.2, -0.15) is 0 Å². The van der Waals surface area contributed by atoms with Gasteiger partial charge in [-0.15, -0.1) is 11.8 Å². The number of hydrogen-bond acceptors (Lipinski definition) is 3. The Kier molecular flexibility index (Phi) is 2.14. The lowest BCUT2D eigenvalue weighted by molar-refractivity contribution is 0.306. The highest BCUT2D eigenvalue weighted by Crippen LogP contribution is 2.54. The van der Waals surface area contributed by atoms with Gasteiger partial charge in [0.15, 0.2) is 0 Å². The Morgan fingerprint density at radius 2 is 1.86 bits per heavy atom. The Morgan fingerprint density at radius 3 is 2.50 bits per heavy atom. The summed E-state index contributed by atoms with van der Waals surface area (Å²) in [7, 11) is 0. The predicted molar refractivity (Wildman–Crippen MR) is 61.1 cm³/mol. The highest BCUT2D eigenvalue weighted by Gasteiger charge is 2.49. The van der Waals surface area contributed by atoms with Crippen molar-refractivity contribution in [2.45, 2.75) is 36.0 Å². The summed E-state index contributed by atoms with van der Waals surface area (Å²) in [5, 5.41) is 0. The molecular formula is C11H16N2S. The molecule has 1 heterocycles. The van der Waals surface area contributed by atoms with Crippen LogP contribution in [0.4, 0.5) is 0 Å². The fourth-order valence-electron chi connectivity index (χ4n) is 1.92. The Balaban J connectivity index is 2.59. The molecule has 3 heteroatoms. The van der Waals surface area contributed by atoms with Gasteiger partial charge in [0.25, 0.3) is 0 Å². The first-order valence-electron chi connectivity index (χ1n) is 4.77. The van der Waals surface area contributed by atoms with Gasteiger partial charge in [-0.3, -0.25) is 5.84 Å². The molecule has 1 aliphatic heterocycles. The molecule has 0 saturated heterocycles. The predicted octanol–water partition coefficient (Wildman–Crippen LogP) is 2.25. The second-order valence-electron chi connectivity index (χ2n) is 4.38. The van der Waals surface area contributed by atoms with E-state index in [0.717, 1.165) is 0 Å². The van der Waals surface area contributed by atoms with Gasteiger partial charge in [-0.25, -0.2) is 5.43 Å². The molecule has 2 rings (SSSR count). The third-order valence-electron chi connectivity index (χ3n) is 3.28. The highest BCUT2D eigenvalue weighted by atomic mass is 32.2. The molecule has 2 nitrogen and oxygen atoms in total. The Morgan fingerprint density at radius 1 is 1.21 bits per heavy atom. The Bertz CT molecular complexity index is 362. The summed E-state index contributed by atoms with van der Waals surface area (Å²) in [6.45, 7) is 6.60. The summed E-state index contributed by atoms with van der Waals surface area (Å²) < 4.78 is 0.0887. The van der Waals surface area contributed by atoms with E-state index in [1.54, 1.807) is 0 Å². The minimum Gasteiger partial charge on any atom is -0.271 e. The smallest absolute Gasteiger partial charge is 0.0696 e. The highest BCUT2D eigenvalue weighted by molar-refractivity contribution is 8.01. The molecule has 0 fully saturated rings. The van der Waals surface area contributed by atoms with Crippen LogP contribution in [0.5, 0.6) is 0 Å². The zero-order chi connectivity index (χ0) is 10.4. The summed E-state index contributed by atoms with van der Waals surface area (Å²) in [6.07, 6.45) is 0. The van der Waals surface area contributed by atoms with Gasteiger partial charge in [0.05, 0.1) is 5.54 Å². The molecule has 1 atom stereocenters. The van der Waals surface area contributed by atoms with Crippen LogP contribution in [-0.4, -0.2) is 4.75 Å². The number of nitrogens with two attached hydrogens (primary N) is 1. The van der Waals surface area contributed by atoms with Crippen LogP contribution >= 0.6 is 11.8 Å². The van der Waals surface area contributed by atoms with Gasteiger partial charge < -0.3 is 0 Å². The molecule has 14 heavy (non-hydrogen) atoms. The zero-order valence-electron chi connectivity index (χ0n) is 8.79. The Hall–Kier alpha value is -0.510. The number of nitrogens with one attached hydrogen (secondary N) is 1. The van der Waals surface area contributed by atoms with E-state index >= 15 is 0 Å². The average molecular weight is 208 g/mol. The lowest BCUT2D eigenvalue weighted by Crippen LogP contribution is -2.53. The molecule has 0 spiro atoms. The molecule has 1 aliphatic rings. The maximum Gasteiger partial charge on any atom is 0.0696 e. The minimum atomic E-state index is -0.145. The van der Waals surface area contributed by atoms with Crippen LogP contribution in [-0.2, 0) is 5.54 Å². The van der Waals surface area contributed by atoms with Crippen molar-refractivity contribution in [1.29, 1.82) is 0 Å². The standard InChI is InChI=1S/C11H16N2S/c1-10(2)11(3,13-12)8-6-4-5-7-9(8)14-10/h4-7,13H,12H2,1-3H3. The van der Waals surface area contributed by atoms with E-state index < -0.39 is 0 Å². The molecular weight excluding hydrogens is 192 g/mol. The van der Waals surface area contributed by atoms with Crippen LogP contribution in [0.2, 0.25) is 0 Å². The SMILES string of the molecule is CC1(C)Sc2ccccc2C1(C)NN. The number of benzene rings is 1. The van der Waals surface area contributed by atoms with Crippen molar-refractivity contribution in [3.05, 3.63) is 29.8 Å². The largest absolute Gasteiger partial charge is 0.271 e. The van der Waals surface area contributed by atoms with E-state index in [9.17, 15) is 0 Å². The number of hydrazine groups is 1. The van der Waals surface area contributed by atoms with Gasteiger partial charge in [-0.1, -0.05) is 18.2 Å². The zero-order valence-corrected chi connectivity index (χ0v) is 9.61. The van der Waals surface area contributed by atoms with Crippen LogP contribution in [0.3, 0.4) is 0 Å². The Labute approximate surface area is 89.2 Å². The van der Waals surface area contributed by atoms with Gasteiger partial charge in [0, 0.05) is 9.64 Å². The van der Waals surface area contributed by atoms with Gasteiger partial charge in [0.1, 0.15) is 0 Å². The van der Waals surface area contributed by atoms with Crippen LogP contribution in [0.15, 0.2) is 29.2 Å². The van der Waals surface area contributed by atoms with Crippen LogP contribution in [0.25, 0.3) is 0 Å². The minimum absolute atomic E-state index is 0.0887. The maximum absolute atomic E-state index is 5.70. The van der Waals surface area contributed by atoms with Crippen LogP contribution in [0, 0.1) is 0 Å². The molecule has 76 valence electrons. The lowest BCUT2D eigenvalue weighted by Gasteiger charge is -2.37. The fourth-order valence-corrected chi connectivity index (χ4v) is 3.37. The van der Waals surface area contributed by atoms with Gasteiger partial charge in [-0.05, 0) is 32.4 Å². The molecule has 3 N–H and O–H groups in total. The third kappa shape index (κ3) is 1.13. The second kappa shape index (κ2) is 2.99. The quantitative estimate of drug-likeness (QED) is 0.549. The number of hydrogen-bond donors (Lipinski definition) is 2. The number of rotatable bonds is 1.